The van der Waals surface area contributed by atoms with Crippen LogP contribution in [0.5, 0.6) is 5.75 Å². The first kappa shape index (κ1) is 20.7. The number of hydrogen-bond donors (Lipinski definition) is 1. The summed E-state index contributed by atoms with van der Waals surface area (Å²) in [6, 6.07) is 11.9. The Labute approximate surface area is 183 Å². The molecule has 0 bridgehead atoms. The SMILES string of the molecule is O=C(COc1ccc(Cl)cc1Cl)Nn1c(C2CCCCC2)nc2ccccc2c1=O. The van der Waals surface area contributed by atoms with Crippen molar-refractivity contribution in [1.29, 1.82) is 0 Å². The van der Waals surface area contributed by atoms with E-state index in [1.165, 1.54) is 17.2 Å². The normalized spacial score (nSPS) is 14.6. The molecule has 1 amide bonds. The maximum Gasteiger partial charge on any atom is 0.280 e. The molecule has 1 fully saturated rings. The van der Waals surface area contributed by atoms with Crippen LogP contribution in [0.3, 0.4) is 0 Å². The molecule has 0 aliphatic heterocycles. The average molecular weight is 446 g/mol. The Kier molecular flexibility index (Phi) is 6.25. The maximum atomic E-state index is 13.1. The molecule has 1 N–H and O–H groups in total. The van der Waals surface area contributed by atoms with E-state index in [9.17, 15) is 9.59 Å². The van der Waals surface area contributed by atoms with Gasteiger partial charge in [0, 0.05) is 10.9 Å². The number of para-hydroxylation sites is 1. The van der Waals surface area contributed by atoms with Crippen molar-refractivity contribution >= 4 is 40.0 Å². The van der Waals surface area contributed by atoms with Gasteiger partial charge in [0.2, 0.25) is 0 Å². The highest BCUT2D eigenvalue weighted by atomic mass is 35.5. The van der Waals surface area contributed by atoms with E-state index in [1.807, 2.05) is 12.1 Å². The number of nitrogens with zero attached hydrogens (tertiary/aromatic N) is 2. The van der Waals surface area contributed by atoms with Crippen molar-refractivity contribution in [2.75, 3.05) is 12.0 Å². The van der Waals surface area contributed by atoms with Gasteiger partial charge in [-0.05, 0) is 43.2 Å². The van der Waals surface area contributed by atoms with Gasteiger partial charge in [-0.25, -0.2) is 9.66 Å². The Bertz CT molecular complexity index is 1140. The molecule has 0 saturated heterocycles. The zero-order valence-corrected chi connectivity index (χ0v) is 17.7. The summed E-state index contributed by atoms with van der Waals surface area (Å²) >= 11 is 12.0. The zero-order chi connectivity index (χ0) is 21.1. The minimum absolute atomic E-state index is 0.128. The van der Waals surface area contributed by atoms with Crippen molar-refractivity contribution in [3.8, 4) is 5.75 Å². The number of rotatable bonds is 5. The van der Waals surface area contributed by atoms with Crippen molar-refractivity contribution in [3.05, 3.63) is 68.7 Å². The molecule has 0 radical (unpaired) electrons. The summed E-state index contributed by atoms with van der Waals surface area (Å²) in [5.41, 5.74) is 3.02. The minimum Gasteiger partial charge on any atom is -0.482 e. The molecule has 8 heteroatoms. The van der Waals surface area contributed by atoms with E-state index in [0.717, 1.165) is 25.7 Å². The quantitative estimate of drug-likeness (QED) is 0.605. The van der Waals surface area contributed by atoms with E-state index >= 15 is 0 Å². The minimum atomic E-state index is -0.475. The lowest BCUT2D eigenvalue weighted by Crippen LogP contribution is -2.39. The predicted octanol–water partition coefficient (Wildman–Crippen LogP) is 4.90. The van der Waals surface area contributed by atoms with Crippen LogP contribution in [-0.4, -0.2) is 22.2 Å². The molecule has 2 aromatic carbocycles. The van der Waals surface area contributed by atoms with Gasteiger partial charge in [0.05, 0.1) is 15.9 Å². The highest BCUT2D eigenvalue weighted by Crippen LogP contribution is 2.31. The van der Waals surface area contributed by atoms with Gasteiger partial charge in [-0.15, -0.1) is 0 Å². The second-order valence-electron chi connectivity index (χ2n) is 7.36. The fourth-order valence-electron chi connectivity index (χ4n) is 3.79. The van der Waals surface area contributed by atoms with Crippen molar-refractivity contribution in [1.82, 2.24) is 9.66 Å². The molecule has 1 aromatic heterocycles. The molecular weight excluding hydrogens is 425 g/mol. The summed E-state index contributed by atoms with van der Waals surface area (Å²) in [5, 5.41) is 1.24. The van der Waals surface area contributed by atoms with Crippen molar-refractivity contribution < 1.29 is 9.53 Å². The lowest BCUT2D eigenvalue weighted by Gasteiger charge is -2.24. The summed E-state index contributed by atoms with van der Waals surface area (Å²) in [6.07, 6.45) is 5.23. The molecule has 4 rings (SSSR count). The number of benzene rings is 2. The Morgan fingerprint density at radius 2 is 1.90 bits per heavy atom. The zero-order valence-electron chi connectivity index (χ0n) is 16.2. The number of hydrogen-bond acceptors (Lipinski definition) is 4. The third-order valence-corrected chi connectivity index (χ3v) is 5.79. The number of ether oxygens (including phenoxy) is 1. The van der Waals surface area contributed by atoms with Gasteiger partial charge in [-0.2, -0.15) is 0 Å². The first-order valence-corrected chi connectivity index (χ1v) is 10.7. The molecule has 156 valence electrons. The number of fused-ring (bicyclic) bond motifs is 1. The molecule has 0 atom stereocenters. The maximum absolute atomic E-state index is 13.1. The van der Waals surface area contributed by atoms with Crippen LogP contribution >= 0.6 is 23.2 Å². The number of carbonyl (C=O) groups excluding carboxylic acids is 1. The van der Waals surface area contributed by atoms with E-state index < -0.39 is 5.91 Å². The van der Waals surface area contributed by atoms with Crippen LogP contribution in [0.1, 0.15) is 43.8 Å². The highest BCUT2D eigenvalue weighted by molar-refractivity contribution is 6.35. The molecule has 6 nitrogen and oxygen atoms in total. The first-order chi connectivity index (χ1) is 14.5. The molecule has 1 aliphatic carbocycles. The van der Waals surface area contributed by atoms with E-state index in [0.29, 0.717) is 32.5 Å². The van der Waals surface area contributed by atoms with E-state index in [2.05, 4.69) is 5.43 Å². The van der Waals surface area contributed by atoms with Gasteiger partial charge < -0.3 is 4.74 Å². The van der Waals surface area contributed by atoms with Crippen LogP contribution in [0.4, 0.5) is 0 Å². The van der Waals surface area contributed by atoms with Crippen LogP contribution in [0, 0.1) is 0 Å². The van der Waals surface area contributed by atoms with Crippen LogP contribution in [-0.2, 0) is 4.79 Å². The third-order valence-electron chi connectivity index (χ3n) is 5.26. The fourth-order valence-corrected chi connectivity index (χ4v) is 4.25. The van der Waals surface area contributed by atoms with E-state index in [4.69, 9.17) is 32.9 Å². The van der Waals surface area contributed by atoms with Gasteiger partial charge in [-0.1, -0.05) is 54.6 Å². The molecule has 3 aromatic rings. The molecule has 30 heavy (non-hydrogen) atoms. The molecule has 0 spiro atoms. The van der Waals surface area contributed by atoms with Crippen LogP contribution in [0.2, 0.25) is 10.0 Å². The summed E-state index contributed by atoms with van der Waals surface area (Å²) in [5.74, 6) is 0.587. The Morgan fingerprint density at radius 3 is 2.67 bits per heavy atom. The molecule has 1 heterocycles. The molecular formula is C22H21Cl2N3O3. The lowest BCUT2D eigenvalue weighted by atomic mass is 9.88. The largest absolute Gasteiger partial charge is 0.482 e. The number of halogens is 2. The summed E-state index contributed by atoms with van der Waals surface area (Å²) in [6.45, 7) is -0.301. The van der Waals surface area contributed by atoms with Gasteiger partial charge in [0.15, 0.2) is 6.61 Å². The number of aromatic nitrogens is 2. The van der Waals surface area contributed by atoms with Crippen LogP contribution < -0.4 is 15.7 Å². The van der Waals surface area contributed by atoms with Crippen molar-refractivity contribution in [3.63, 3.8) is 0 Å². The summed E-state index contributed by atoms with van der Waals surface area (Å²) < 4.78 is 6.79. The Morgan fingerprint density at radius 1 is 1.13 bits per heavy atom. The fraction of sp³-hybridized carbons (Fsp3) is 0.318. The topological polar surface area (TPSA) is 73.2 Å². The third kappa shape index (κ3) is 4.45. The first-order valence-electron chi connectivity index (χ1n) is 9.92. The van der Waals surface area contributed by atoms with Crippen molar-refractivity contribution in [2.45, 2.75) is 38.0 Å². The molecule has 1 saturated carbocycles. The molecule has 1 aliphatic rings. The summed E-state index contributed by atoms with van der Waals surface area (Å²) in [7, 11) is 0. The number of amides is 1. The van der Waals surface area contributed by atoms with E-state index in [-0.39, 0.29) is 18.1 Å². The van der Waals surface area contributed by atoms with Gasteiger partial charge in [0.1, 0.15) is 11.6 Å². The van der Waals surface area contributed by atoms with E-state index in [1.54, 1.807) is 24.3 Å². The predicted molar refractivity (Wildman–Crippen MR) is 118 cm³/mol. The summed E-state index contributed by atoms with van der Waals surface area (Å²) in [4.78, 5) is 30.4. The number of carbonyl (C=O) groups is 1. The Balaban J connectivity index is 1.60. The van der Waals surface area contributed by atoms with Crippen LogP contribution in [0.15, 0.2) is 47.3 Å². The van der Waals surface area contributed by atoms with Crippen LogP contribution in [0.25, 0.3) is 10.9 Å². The lowest BCUT2D eigenvalue weighted by molar-refractivity contribution is -0.119. The second kappa shape index (κ2) is 9.06. The smallest absolute Gasteiger partial charge is 0.280 e. The number of nitrogens with one attached hydrogen (secondary N) is 1. The van der Waals surface area contributed by atoms with Gasteiger partial charge in [-0.3, -0.25) is 15.0 Å². The molecule has 0 unspecified atom stereocenters. The average Bonchev–Trinajstić information content (AvgIpc) is 2.75. The Hall–Kier alpha value is -2.57. The second-order valence-corrected chi connectivity index (χ2v) is 8.20. The van der Waals surface area contributed by atoms with Crippen molar-refractivity contribution in [2.24, 2.45) is 0 Å². The van der Waals surface area contributed by atoms with Gasteiger partial charge >= 0.3 is 0 Å². The standard InChI is InChI=1S/C22H21Cl2N3O3/c23-15-10-11-19(17(24)12-15)30-13-20(28)26-27-21(14-6-2-1-3-7-14)25-18-9-5-4-8-16(18)22(27)29/h4-5,8-12,14H,1-3,6-7,13H2,(H,26,28). The highest BCUT2D eigenvalue weighted by Gasteiger charge is 2.23. The van der Waals surface area contributed by atoms with Gasteiger partial charge in [0.25, 0.3) is 11.5 Å². The monoisotopic (exact) mass is 445 g/mol.